The van der Waals surface area contributed by atoms with Gasteiger partial charge in [-0.3, -0.25) is 0 Å². The fraction of sp³-hybridized carbons (Fsp3) is 0.294. The summed E-state index contributed by atoms with van der Waals surface area (Å²) in [5.74, 6) is 1.04. The van der Waals surface area contributed by atoms with Crippen molar-refractivity contribution in [3.8, 4) is 11.5 Å². The van der Waals surface area contributed by atoms with Crippen molar-refractivity contribution < 1.29 is 17.9 Å². The molecule has 0 spiro atoms. The fourth-order valence-corrected chi connectivity index (χ4v) is 4.37. The van der Waals surface area contributed by atoms with E-state index in [0.717, 1.165) is 16.5 Å². The van der Waals surface area contributed by atoms with Crippen LogP contribution in [0.25, 0.3) is 0 Å². The maximum atomic E-state index is 12.7. The lowest BCUT2D eigenvalue weighted by atomic mass is 10.1. The van der Waals surface area contributed by atoms with Crippen LogP contribution < -0.4 is 14.2 Å². The molecule has 0 aliphatic carbocycles. The van der Waals surface area contributed by atoms with Crippen molar-refractivity contribution in [1.29, 1.82) is 0 Å². The van der Waals surface area contributed by atoms with E-state index in [-0.39, 0.29) is 10.9 Å². The second-order valence-corrected chi connectivity index (χ2v) is 8.09. The van der Waals surface area contributed by atoms with Gasteiger partial charge < -0.3 is 9.47 Å². The van der Waals surface area contributed by atoms with E-state index in [2.05, 4.69) is 20.7 Å². The third-order valence-electron chi connectivity index (χ3n) is 3.73. The summed E-state index contributed by atoms with van der Waals surface area (Å²) < 4.78 is 40.0. The van der Waals surface area contributed by atoms with Gasteiger partial charge in [-0.1, -0.05) is 34.1 Å². The van der Waals surface area contributed by atoms with Crippen molar-refractivity contribution in [2.24, 2.45) is 0 Å². The first kappa shape index (κ1) is 17.3. The highest BCUT2D eigenvalue weighted by atomic mass is 79.9. The molecule has 1 unspecified atom stereocenters. The summed E-state index contributed by atoms with van der Waals surface area (Å²) in [6.07, 6.45) is 0.772. The molecule has 2 aromatic rings. The van der Waals surface area contributed by atoms with E-state index in [1.807, 2.05) is 24.3 Å². The molecule has 128 valence electrons. The molecule has 24 heavy (non-hydrogen) atoms. The standard InChI is InChI=1S/C17H18BrNO4S/c1-12(14-5-2-3-6-15(14)18)19-24(20,21)13-7-8-16-17(11-13)23-10-4-9-22-16/h2-3,5-8,11-12,19H,4,9-10H2,1H3. The minimum atomic E-state index is -3.68. The zero-order chi connectivity index (χ0) is 17.2. The number of ether oxygens (including phenoxy) is 2. The second kappa shape index (κ2) is 7.13. The molecule has 1 N–H and O–H groups in total. The molecule has 7 heteroatoms. The van der Waals surface area contributed by atoms with Crippen LogP contribution in [-0.4, -0.2) is 21.6 Å². The topological polar surface area (TPSA) is 64.6 Å². The van der Waals surface area contributed by atoms with Crippen LogP contribution in [0, 0.1) is 0 Å². The number of hydrogen-bond acceptors (Lipinski definition) is 4. The number of halogens is 1. The molecule has 1 atom stereocenters. The normalized spacial score (nSPS) is 15.6. The summed E-state index contributed by atoms with van der Waals surface area (Å²) in [5.41, 5.74) is 0.871. The van der Waals surface area contributed by atoms with Crippen LogP contribution in [0.2, 0.25) is 0 Å². The van der Waals surface area contributed by atoms with Gasteiger partial charge in [0.1, 0.15) is 0 Å². The van der Waals surface area contributed by atoms with Crippen molar-refractivity contribution in [1.82, 2.24) is 4.72 Å². The van der Waals surface area contributed by atoms with E-state index in [9.17, 15) is 8.42 Å². The predicted octanol–water partition coefficient (Wildman–Crippen LogP) is 3.65. The summed E-state index contributed by atoms with van der Waals surface area (Å²) in [5, 5.41) is 0. The van der Waals surface area contributed by atoms with E-state index >= 15 is 0 Å². The van der Waals surface area contributed by atoms with Crippen molar-refractivity contribution in [2.45, 2.75) is 24.3 Å². The SMILES string of the molecule is CC(NS(=O)(=O)c1ccc2c(c1)OCCCO2)c1ccccc1Br. The van der Waals surface area contributed by atoms with E-state index < -0.39 is 10.0 Å². The zero-order valence-electron chi connectivity index (χ0n) is 13.2. The van der Waals surface area contributed by atoms with Gasteiger partial charge >= 0.3 is 0 Å². The molecule has 2 aromatic carbocycles. The van der Waals surface area contributed by atoms with Crippen LogP contribution >= 0.6 is 15.9 Å². The molecule has 0 aromatic heterocycles. The van der Waals surface area contributed by atoms with Crippen LogP contribution in [0.1, 0.15) is 24.9 Å². The Morgan fingerprint density at radius 3 is 2.54 bits per heavy atom. The highest BCUT2D eigenvalue weighted by Crippen LogP contribution is 2.32. The van der Waals surface area contributed by atoms with Gasteiger partial charge in [-0.2, -0.15) is 0 Å². The van der Waals surface area contributed by atoms with Crippen molar-refractivity contribution in [3.05, 3.63) is 52.5 Å². The Balaban J connectivity index is 1.85. The summed E-state index contributed by atoms with van der Waals surface area (Å²) in [4.78, 5) is 0.158. The summed E-state index contributed by atoms with van der Waals surface area (Å²) in [6.45, 7) is 2.88. The lowest BCUT2D eigenvalue weighted by molar-refractivity contribution is 0.297. The number of benzene rings is 2. The Morgan fingerprint density at radius 2 is 1.79 bits per heavy atom. The molecule has 0 saturated carbocycles. The largest absolute Gasteiger partial charge is 0.490 e. The molecule has 0 bridgehead atoms. The van der Waals surface area contributed by atoms with E-state index in [1.165, 1.54) is 12.1 Å². The van der Waals surface area contributed by atoms with Gasteiger partial charge in [-0.05, 0) is 30.7 Å². The van der Waals surface area contributed by atoms with Gasteiger partial charge in [-0.15, -0.1) is 0 Å². The van der Waals surface area contributed by atoms with Gasteiger partial charge in [0.25, 0.3) is 0 Å². The van der Waals surface area contributed by atoms with Gasteiger partial charge in [0.05, 0.1) is 18.1 Å². The molecule has 0 saturated heterocycles. The third kappa shape index (κ3) is 3.74. The Hall–Kier alpha value is -1.57. The number of sulfonamides is 1. The van der Waals surface area contributed by atoms with Crippen molar-refractivity contribution >= 4 is 26.0 Å². The average Bonchev–Trinajstić information content (AvgIpc) is 2.79. The lowest BCUT2D eigenvalue weighted by Crippen LogP contribution is -2.27. The van der Waals surface area contributed by atoms with Gasteiger partial charge in [-0.25, -0.2) is 13.1 Å². The van der Waals surface area contributed by atoms with Crippen LogP contribution in [0.4, 0.5) is 0 Å². The smallest absolute Gasteiger partial charge is 0.241 e. The Labute approximate surface area is 150 Å². The first-order valence-corrected chi connectivity index (χ1v) is 9.91. The van der Waals surface area contributed by atoms with Crippen molar-refractivity contribution in [2.75, 3.05) is 13.2 Å². The number of fused-ring (bicyclic) bond motifs is 1. The first-order valence-electron chi connectivity index (χ1n) is 7.64. The predicted molar refractivity (Wildman–Crippen MR) is 94.9 cm³/mol. The number of hydrogen-bond donors (Lipinski definition) is 1. The van der Waals surface area contributed by atoms with Gasteiger partial charge in [0.2, 0.25) is 10.0 Å². The zero-order valence-corrected chi connectivity index (χ0v) is 15.6. The van der Waals surface area contributed by atoms with Crippen LogP contribution in [0.5, 0.6) is 11.5 Å². The number of nitrogens with one attached hydrogen (secondary N) is 1. The molecular weight excluding hydrogens is 394 g/mol. The minimum Gasteiger partial charge on any atom is -0.490 e. The average molecular weight is 412 g/mol. The van der Waals surface area contributed by atoms with Gasteiger partial charge in [0.15, 0.2) is 11.5 Å². The van der Waals surface area contributed by atoms with Crippen LogP contribution in [0.3, 0.4) is 0 Å². The van der Waals surface area contributed by atoms with E-state index in [0.29, 0.717) is 24.7 Å². The summed E-state index contributed by atoms with van der Waals surface area (Å²) in [6, 6.07) is 11.8. The van der Waals surface area contributed by atoms with Gasteiger partial charge in [0, 0.05) is 23.0 Å². The molecule has 1 aliphatic rings. The lowest BCUT2D eigenvalue weighted by Gasteiger charge is -2.17. The first-order chi connectivity index (χ1) is 11.5. The Bertz CT molecular complexity index is 838. The van der Waals surface area contributed by atoms with E-state index in [1.54, 1.807) is 13.0 Å². The monoisotopic (exact) mass is 411 g/mol. The highest BCUT2D eigenvalue weighted by molar-refractivity contribution is 9.10. The molecule has 1 aliphatic heterocycles. The molecule has 1 heterocycles. The Kier molecular flexibility index (Phi) is 5.12. The number of rotatable bonds is 4. The quantitative estimate of drug-likeness (QED) is 0.833. The molecule has 0 fully saturated rings. The molecule has 3 rings (SSSR count). The molecular formula is C17H18BrNO4S. The molecule has 0 amide bonds. The Morgan fingerprint density at radius 1 is 1.08 bits per heavy atom. The second-order valence-electron chi connectivity index (χ2n) is 5.52. The highest BCUT2D eigenvalue weighted by Gasteiger charge is 2.22. The van der Waals surface area contributed by atoms with E-state index in [4.69, 9.17) is 9.47 Å². The fourth-order valence-electron chi connectivity index (χ4n) is 2.50. The summed E-state index contributed by atoms with van der Waals surface area (Å²) >= 11 is 3.45. The van der Waals surface area contributed by atoms with Crippen molar-refractivity contribution in [3.63, 3.8) is 0 Å². The third-order valence-corrected chi connectivity index (χ3v) is 5.99. The minimum absolute atomic E-state index is 0.158. The van der Waals surface area contributed by atoms with Crippen LogP contribution in [-0.2, 0) is 10.0 Å². The molecule has 0 radical (unpaired) electrons. The maximum absolute atomic E-state index is 12.7. The molecule has 5 nitrogen and oxygen atoms in total. The van der Waals surface area contributed by atoms with Crippen LogP contribution in [0.15, 0.2) is 51.8 Å². The summed E-state index contributed by atoms with van der Waals surface area (Å²) in [7, 11) is -3.68. The maximum Gasteiger partial charge on any atom is 0.241 e.